The van der Waals surface area contributed by atoms with Crippen molar-refractivity contribution in [2.45, 2.75) is 0 Å². The highest BCUT2D eigenvalue weighted by Crippen LogP contribution is 2.49. The zero-order valence-corrected chi connectivity index (χ0v) is 29.6. The van der Waals surface area contributed by atoms with Crippen LogP contribution < -0.4 is 9.64 Å². The summed E-state index contributed by atoms with van der Waals surface area (Å²) < 4.78 is 6.62. The van der Waals surface area contributed by atoms with Crippen molar-refractivity contribution in [1.82, 2.24) is 0 Å². The molecule has 10 rings (SSSR count). The summed E-state index contributed by atoms with van der Waals surface area (Å²) in [5.41, 5.74) is 15.1. The lowest BCUT2D eigenvalue weighted by Gasteiger charge is -2.26. The SMILES string of the molecule is c1ccc(-c2ccc(N(c3ccc(-c4ccccc4)cc3)c3ccc(-c4ccc5c6c(cccc46)-c4ccc(-c6ccccc6)cc4O5)cc3)cc2)cc1. The van der Waals surface area contributed by atoms with Crippen LogP contribution in [0.5, 0.6) is 11.5 Å². The van der Waals surface area contributed by atoms with Gasteiger partial charge in [-0.2, -0.15) is 0 Å². The van der Waals surface area contributed by atoms with Crippen LogP contribution >= 0.6 is 0 Å². The Morgan fingerprint density at radius 3 is 1.26 bits per heavy atom. The van der Waals surface area contributed by atoms with Crippen molar-refractivity contribution in [2.75, 3.05) is 4.90 Å². The molecule has 0 spiro atoms. The van der Waals surface area contributed by atoms with E-state index in [4.69, 9.17) is 4.74 Å². The Morgan fingerprint density at radius 2 is 0.722 bits per heavy atom. The number of hydrogen-bond acceptors (Lipinski definition) is 2. The largest absolute Gasteiger partial charge is 0.456 e. The Balaban J connectivity index is 1.02. The van der Waals surface area contributed by atoms with Crippen molar-refractivity contribution in [2.24, 2.45) is 0 Å². The number of fused-ring (bicyclic) bond motifs is 2. The number of hydrogen-bond donors (Lipinski definition) is 0. The highest BCUT2D eigenvalue weighted by atomic mass is 16.5. The average molecular weight is 690 g/mol. The average Bonchev–Trinajstić information content (AvgIpc) is 3.25. The molecule has 0 saturated heterocycles. The summed E-state index contributed by atoms with van der Waals surface area (Å²) >= 11 is 0. The Morgan fingerprint density at radius 1 is 0.278 bits per heavy atom. The molecule has 9 aromatic carbocycles. The van der Waals surface area contributed by atoms with Crippen LogP contribution in [0.25, 0.3) is 66.4 Å². The fourth-order valence-corrected chi connectivity index (χ4v) is 7.80. The lowest BCUT2D eigenvalue weighted by molar-refractivity contribution is 0.487. The van der Waals surface area contributed by atoms with Crippen LogP contribution in [0.2, 0.25) is 0 Å². The van der Waals surface area contributed by atoms with Crippen LogP contribution in [0.15, 0.2) is 212 Å². The second kappa shape index (κ2) is 13.4. The molecule has 0 aliphatic carbocycles. The normalized spacial score (nSPS) is 11.5. The van der Waals surface area contributed by atoms with Crippen LogP contribution in [0.3, 0.4) is 0 Å². The molecule has 0 amide bonds. The van der Waals surface area contributed by atoms with Crippen molar-refractivity contribution >= 4 is 27.8 Å². The van der Waals surface area contributed by atoms with Gasteiger partial charge in [0, 0.05) is 28.0 Å². The highest BCUT2D eigenvalue weighted by molar-refractivity contribution is 6.10. The first-order valence-electron chi connectivity index (χ1n) is 18.4. The molecule has 0 atom stereocenters. The summed E-state index contributed by atoms with van der Waals surface area (Å²) in [4.78, 5) is 2.33. The third-order valence-electron chi connectivity index (χ3n) is 10.5. The van der Waals surface area contributed by atoms with E-state index in [-0.39, 0.29) is 0 Å². The van der Waals surface area contributed by atoms with Crippen molar-refractivity contribution < 1.29 is 4.74 Å². The van der Waals surface area contributed by atoms with Gasteiger partial charge in [-0.1, -0.05) is 158 Å². The summed E-state index contributed by atoms with van der Waals surface area (Å²) in [5.74, 6) is 1.78. The van der Waals surface area contributed by atoms with E-state index in [1.165, 1.54) is 44.3 Å². The molecule has 2 heteroatoms. The molecule has 9 aromatic rings. The molecule has 0 fully saturated rings. The van der Waals surface area contributed by atoms with Gasteiger partial charge in [0.05, 0.1) is 0 Å². The standard InChI is InChI=1S/C52H35NO/c1-4-11-36(12-5-1)39-19-26-43(27-20-39)53(44-28-21-40(22-29-44)37-13-6-2-7-14-37)45-30-23-41(24-31-45)46-33-34-50-52-48(46)17-10-18-49(52)47-32-25-42(35-51(47)54-50)38-15-8-3-9-16-38/h1-35H. The number of anilines is 3. The molecule has 1 aliphatic rings. The number of ether oxygens (including phenoxy) is 1. The Hall–Kier alpha value is -7.16. The van der Waals surface area contributed by atoms with Crippen molar-refractivity contribution in [3.8, 4) is 67.1 Å². The highest BCUT2D eigenvalue weighted by Gasteiger charge is 2.22. The Kier molecular flexibility index (Phi) is 7.85. The molecule has 54 heavy (non-hydrogen) atoms. The minimum atomic E-state index is 0.891. The fourth-order valence-electron chi connectivity index (χ4n) is 7.80. The third-order valence-corrected chi connectivity index (χ3v) is 10.5. The lowest BCUT2D eigenvalue weighted by atomic mass is 9.89. The van der Waals surface area contributed by atoms with Gasteiger partial charge in [0.15, 0.2) is 0 Å². The topological polar surface area (TPSA) is 12.5 Å². The molecular weight excluding hydrogens is 655 g/mol. The summed E-state index contributed by atoms with van der Waals surface area (Å²) in [6.07, 6.45) is 0. The minimum Gasteiger partial charge on any atom is -0.456 e. The van der Waals surface area contributed by atoms with E-state index < -0.39 is 0 Å². The predicted octanol–water partition coefficient (Wildman–Crippen LogP) is 14.8. The smallest absolute Gasteiger partial charge is 0.135 e. The van der Waals surface area contributed by atoms with Gasteiger partial charge < -0.3 is 9.64 Å². The van der Waals surface area contributed by atoms with Gasteiger partial charge in [-0.3, -0.25) is 0 Å². The molecule has 1 aliphatic heterocycles. The van der Waals surface area contributed by atoms with E-state index in [1.54, 1.807) is 0 Å². The van der Waals surface area contributed by atoms with Crippen molar-refractivity contribution in [3.05, 3.63) is 212 Å². The van der Waals surface area contributed by atoms with E-state index in [0.717, 1.165) is 50.6 Å². The monoisotopic (exact) mass is 689 g/mol. The summed E-state index contributed by atoms with van der Waals surface area (Å²) in [7, 11) is 0. The van der Waals surface area contributed by atoms with Gasteiger partial charge >= 0.3 is 0 Å². The molecule has 1 heterocycles. The molecular formula is C52H35NO. The van der Waals surface area contributed by atoms with E-state index in [9.17, 15) is 0 Å². The number of benzene rings is 9. The zero-order valence-electron chi connectivity index (χ0n) is 29.6. The Bertz CT molecular complexity index is 2660. The molecule has 2 nitrogen and oxygen atoms in total. The molecule has 0 N–H and O–H groups in total. The second-order valence-corrected chi connectivity index (χ2v) is 13.7. The molecule has 254 valence electrons. The maximum atomic E-state index is 6.62. The van der Waals surface area contributed by atoms with Gasteiger partial charge in [0.1, 0.15) is 11.5 Å². The van der Waals surface area contributed by atoms with E-state index in [1.807, 2.05) is 6.07 Å². The van der Waals surface area contributed by atoms with Gasteiger partial charge in [-0.25, -0.2) is 0 Å². The number of nitrogens with zero attached hydrogens (tertiary/aromatic N) is 1. The first-order valence-corrected chi connectivity index (χ1v) is 18.4. The molecule has 0 aromatic heterocycles. The van der Waals surface area contributed by atoms with Gasteiger partial charge in [0.2, 0.25) is 0 Å². The van der Waals surface area contributed by atoms with E-state index >= 15 is 0 Å². The van der Waals surface area contributed by atoms with E-state index in [0.29, 0.717) is 0 Å². The fraction of sp³-hybridized carbons (Fsp3) is 0. The van der Waals surface area contributed by atoms with Crippen molar-refractivity contribution in [1.29, 1.82) is 0 Å². The molecule has 0 radical (unpaired) electrons. The Labute approximate surface area is 315 Å². The zero-order chi connectivity index (χ0) is 35.8. The quantitative estimate of drug-likeness (QED) is 0.165. The third kappa shape index (κ3) is 5.71. The van der Waals surface area contributed by atoms with Crippen LogP contribution in [0.4, 0.5) is 17.1 Å². The maximum Gasteiger partial charge on any atom is 0.135 e. The first kappa shape index (κ1) is 31.6. The predicted molar refractivity (Wildman–Crippen MR) is 226 cm³/mol. The first-order chi connectivity index (χ1) is 26.8. The molecule has 0 bridgehead atoms. The van der Waals surface area contributed by atoms with Crippen molar-refractivity contribution in [3.63, 3.8) is 0 Å². The second-order valence-electron chi connectivity index (χ2n) is 13.7. The van der Waals surface area contributed by atoms with Crippen LogP contribution in [0, 0.1) is 0 Å². The summed E-state index contributed by atoms with van der Waals surface area (Å²) in [6.45, 7) is 0. The van der Waals surface area contributed by atoms with Crippen LogP contribution in [-0.2, 0) is 0 Å². The van der Waals surface area contributed by atoms with Gasteiger partial charge in [-0.15, -0.1) is 0 Å². The maximum absolute atomic E-state index is 6.62. The van der Waals surface area contributed by atoms with Gasteiger partial charge in [0.25, 0.3) is 0 Å². The van der Waals surface area contributed by atoms with E-state index in [2.05, 4.69) is 211 Å². The van der Waals surface area contributed by atoms with Gasteiger partial charge in [-0.05, 0) is 110 Å². The number of rotatable bonds is 7. The summed E-state index contributed by atoms with van der Waals surface area (Å²) in [5, 5.41) is 2.33. The minimum absolute atomic E-state index is 0.891. The summed E-state index contributed by atoms with van der Waals surface area (Å²) in [6, 6.07) is 75.7. The van der Waals surface area contributed by atoms with Crippen LogP contribution in [0.1, 0.15) is 0 Å². The molecule has 0 saturated carbocycles. The lowest BCUT2D eigenvalue weighted by Crippen LogP contribution is -2.09. The molecule has 0 unspecified atom stereocenters. The van der Waals surface area contributed by atoms with Crippen LogP contribution in [-0.4, -0.2) is 0 Å².